The predicted molar refractivity (Wildman–Crippen MR) is 138 cm³/mol. The van der Waals surface area contributed by atoms with Crippen LogP contribution in [0.2, 0.25) is 0 Å². The smallest absolute Gasteiger partial charge is 0.327 e. The van der Waals surface area contributed by atoms with Crippen molar-refractivity contribution in [3.8, 4) is 0 Å². The summed E-state index contributed by atoms with van der Waals surface area (Å²) in [5.41, 5.74) is 6.97. The minimum Gasteiger partial charge on any atom is -0.480 e. The minimum absolute atomic E-state index is 0.0499. The highest BCUT2D eigenvalue weighted by molar-refractivity contribution is 7.98. The molecule has 4 unspecified atom stereocenters. The zero-order valence-electron chi connectivity index (χ0n) is 19.8. The number of rotatable bonds is 15. The number of carboxylic acid groups (broad SMARTS) is 1. The first-order chi connectivity index (χ1) is 16.1. The molecule has 0 fully saturated rings. The van der Waals surface area contributed by atoms with E-state index in [1.165, 1.54) is 11.8 Å². The number of amides is 3. The van der Waals surface area contributed by atoms with Gasteiger partial charge in [-0.25, -0.2) is 4.79 Å². The molecular formula is C23H36N4O5S2. The molecular weight excluding hydrogens is 476 g/mol. The van der Waals surface area contributed by atoms with Crippen LogP contribution in [-0.2, 0) is 25.6 Å². The molecule has 0 heterocycles. The lowest BCUT2D eigenvalue weighted by atomic mass is 10.0. The molecule has 0 aliphatic heterocycles. The molecule has 0 radical (unpaired) electrons. The van der Waals surface area contributed by atoms with Crippen LogP contribution >= 0.6 is 24.4 Å². The summed E-state index contributed by atoms with van der Waals surface area (Å²) < 4.78 is 0. The summed E-state index contributed by atoms with van der Waals surface area (Å²) in [6, 6.07) is 5.47. The number of thiol groups is 1. The van der Waals surface area contributed by atoms with Crippen LogP contribution < -0.4 is 21.7 Å². The highest BCUT2D eigenvalue weighted by atomic mass is 32.2. The van der Waals surface area contributed by atoms with Gasteiger partial charge in [-0.3, -0.25) is 14.4 Å². The molecule has 9 nitrogen and oxygen atoms in total. The third kappa shape index (κ3) is 10.8. The zero-order valence-corrected chi connectivity index (χ0v) is 21.5. The van der Waals surface area contributed by atoms with Gasteiger partial charge in [-0.05, 0) is 42.8 Å². The first kappa shape index (κ1) is 29.8. The largest absolute Gasteiger partial charge is 0.480 e. The van der Waals surface area contributed by atoms with Crippen molar-refractivity contribution >= 4 is 48.1 Å². The summed E-state index contributed by atoms with van der Waals surface area (Å²) in [6.45, 7) is 3.77. The van der Waals surface area contributed by atoms with E-state index in [1.54, 1.807) is 0 Å². The number of carbonyl (C=O) groups excluding carboxylic acids is 3. The van der Waals surface area contributed by atoms with Gasteiger partial charge in [-0.2, -0.15) is 24.4 Å². The molecule has 190 valence electrons. The Morgan fingerprint density at radius 3 is 2.06 bits per heavy atom. The molecule has 4 atom stereocenters. The van der Waals surface area contributed by atoms with Crippen LogP contribution in [0.5, 0.6) is 0 Å². The molecule has 0 spiro atoms. The molecule has 0 saturated carbocycles. The summed E-state index contributed by atoms with van der Waals surface area (Å²) in [4.78, 5) is 49.8. The van der Waals surface area contributed by atoms with Gasteiger partial charge in [0, 0.05) is 5.75 Å². The van der Waals surface area contributed by atoms with Gasteiger partial charge in [0.05, 0.1) is 6.04 Å². The van der Waals surface area contributed by atoms with Crippen LogP contribution in [0.4, 0.5) is 0 Å². The van der Waals surface area contributed by atoms with Gasteiger partial charge >= 0.3 is 5.97 Å². The Bertz CT molecular complexity index is 810. The molecule has 34 heavy (non-hydrogen) atoms. The highest BCUT2D eigenvalue weighted by Gasteiger charge is 2.30. The van der Waals surface area contributed by atoms with Crippen LogP contribution in [0.15, 0.2) is 30.3 Å². The second kappa shape index (κ2) is 15.6. The number of nitrogens with two attached hydrogens (primary N) is 1. The van der Waals surface area contributed by atoms with Crippen molar-refractivity contribution in [2.24, 2.45) is 11.7 Å². The van der Waals surface area contributed by atoms with Gasteiger partial charge in [0.15, 0.2) is 0 Å². The van der Waals surface area contributed by atoms with Crippen LogP contribution in [0, 0.1) is 5.92 Å². The van der Waals surface area contributed by atoms with Gasteiger partial charge < -0.3 is 26.8 Å². The second-order valence-electron chi connectivity index (χ2n) is 8.41. The van der Waals surface area contributed by atoms with Crippen molar-refractivity contribution in [3.63, 3.8) is 0 Å². The SMILES string of the molecule is CSCCC(NC(=O)C(N)Cc1ccccc1)C(=O)NC(CC(C)C)C(=O)NC(CS)C(=O)O. The molecule has 11 heteroatoms. The lowest BCUT2D eigenvalue weighted by molar-refractivity contribution is -0.141. The summed E-state index contributed by atoms with van der Waals surface area (Å²) in [5, 5.41) is 17.0. The molecule has 0 aliphatic rings. The Morgan fingerprint density at radius 1 is 0.971 bits per heavy atom. The summed E-state index contributed by atoms with van der Waals surface area (Å²) in [5.74, 6) is -2.24. The molecule has 6 N–H and O–H groups in total. The third-order valence-electron chi connectivity index (χ3n) is 5.02. The van der Waals surface area contributed by atoms with Crippen molar-refractivity contribution in [2.45, 2.75) is 57.3 Å². The monoisotopic (exact) mass is 512 g/mol. The van der Waals surface area contributed by atoms with Crippen LogP contribution in [0.1, 0.15) is 32.3 Å². The van der Waals surface area contributed by atoms with E-state index >= 15 is 0 Å². The minimum atomic E-state index is -1.21. The fourth-order valence-corrected chi connectivity index (χ4v) is 3.90. The van der Waals surface area contributed by atoms with Crippen molar-refractivity contribution in [1.82, 2.24) is 16.0 Å². The van der Waals surface area contributed by atoms with E-state index in [2.05, 4.69) is 28.6 Å². The highest BCUT2D eigenvalue weighted by Crippen LogP contribution is 2.09. The van der Waals surface area contributed by atoms with Gasteiger partial charge in [-0.1, -0.05) is 44.2 Å². The third-order valence-corrected chi connectivity index (χ3v) is 6.03. The summed E-state index contributed by atoms with van der Waals surface area (Å²) in [7, 11) is 0. The maximum atomic E-state index is 13.1. The average molecular weight is 513 g/mol. The van der Waals surface area contributed by atoms with Gasteiger partial charge in [0.2, 0.25) is 17.7 Å². The van der Waals surface area contributed by atoms with E-state index in [-0.39, 0.29) is 11.7 Å². The van der Waals surface area contributed by atoms with Crippen molar-refractivity contribution in [2.75, 3.05) is 17.8 Å². The van der Waals surface area contributed by atoms with Gasteiger partial charge in [0.25, 0.3) is 0 Å². The molecule has 0 saturated heterocycles. The lowest BCUT2D eigenvalue weighted by Crippen LogP contribution is -2.57. The Hall–Kier alpha value is -2.24. The number of hydrogen-bond donors (Lipinski definition) is 6. The Morgan fingerprint density at radius 2 is 1.53 bits per heavy atom. The number of aliphatic carboxylic acids is 1. The van der Waals surface area contributed by atoms with Crippen molar-refractivity contribution in [3.05, 3.63) is 35.9 Å². The first-order valence-corrected chi connectivity index (χ1v) is 13.1. The normalized spacial score (nSPS) is 14.5. The number of carboxylic acids is 1. The fraction of sp³-hybridized carbons (Fsp3) is 0.565. The van der Waals surface area contributed by atoms with E-state index in [1.807, 2.05) is 50.4 Å². The Balaban J connectivity index is 2.90. The number of thioether (sulfide) groups is 1. The summed E-state index contributed by atoms with van der Waals surface area (Å²) >= 11 is 5.48. The number of hydrogen-bond acceptors (Lipinski definition) is 7. The molecule has 0 bridgehead atoms. The quantitative estimate of drug-likeness (QED) is 0.190. The molecule has 3 amide bonds. The standard InChI is InChI=1S/C23H36N4O5S2/c1-14(2)11-18(22(30)27-19(13-33)23(31)32)26-21(29)17(9-10-34-3)25-20(28)16(24)12-15-7-5-4-6-8-15/h4-8,14,16-19,33H,9-13,24H2,1-3H3,(H,25,28)(H,26,29)(H,27,30)(H,31,32). The van der Waals surface area contributed by atoms with E-state index < -0.39 is 47.9 Å². The Labute approximate surface area is 210 Å². The van der Waals surface area contributed by atoms with Gasteiger partial charge in [-0.15, -0.1) is 0 Å². The number of benzene rings is 1. The summed E-state index contributed by atoms with van der Waals surface area (Å²) in [6.07, 6.45) is 2.85. The predicted octanol–water partition coefficient (Wildman–Crippen LogP) is 0.824. The molecule has 0 aliphatic carbocycles. The first-order valence-electron chi connectivity index (χ1n) is 11.1. The van der Waals surface area contributed by atoms with Crippen LogP contribution in [-0.4, -0.2) is 70.7 Å². The molecule has 1 aromatic rings. The van der Waals surface area contributed by atoms with E-state index in [0.29, 0.717) is 25.0 Å². The van der Waals surface area contributed by atoms with Crippen LogP contribution in [0.25, 0.3) is 0 Å². The Kier molecular flexibility index (Phi) is 13.7. The van der Waals surface area contributed by atoms with E-state index in [9.17, 15) is 24.3 Å². The lowest BCUT2D eigenvalue weighted by Gasteiger charge is -2.26. The molecule has 1 rings (SSSR count). The average Bonchev–Trinajstić information content (AvgIpc) is 2.79. The fourth-order valence-electron chi connectivity index (χ4n) is 3.18. The number of carbonyl (C=O) groups is 4. The topological polar surface area (TPSA) is 151 Å². The number of nitrogens with one attached hydrogen (secondary N) is 3. The maximum absolute atomic E-state index is 13.1. The van der Waals surface area contributed by atoms with E-state index in [0.717, 1.165) is 5.56 Å². The second-order valence-corrected chi connectivity index (χ2v) is 9.76. The molecule has 0 aromatic heterocycles. The van der Waals surface area contributed by atoms with E-state index in [4.69, 9.17) is 5.73 Å². The molecule has 1 aromatic carbocycles. The maximum Gasteiger partial charge on any atom is 0.327 e. The van der Waals surface area contributed by atoms with Crippen molar-refractivity contribution < 1.29 is 24.3 Å². The zero-order chi connectivity index (χ0) is 25.7. The van der Waals surface area contributed by atoms with Gasteiger partial charge in [0.1, 0.15) is 18.1 Å². The van der Waals surface area contributed by atoms with Crippen LogP contribution in [0.3, 0.4) is 0 Å². The van der Waals surface area contributed by atoms with Crippen molar-refractivity contribution in [1.29, 1.82) is 0 Å².